The van der Waals surface area contributed by atoms with Gasteiger partial charge in [0.2, 0.25) is 0 Å². The first-order valence-corrected chi connectivity index (χ1v) is 5.89. The Labute approximate surface area is 112 Å². The Hall–Kier alpha value is -2.49. The quantitative estimate of drug-likeness (QED) is 0.660. The van der Waals surface area contributed by atoms with Crippen LogP contribution in [0.25, 0.3) is 0 Å². The highest BCUT2D eigenvalue weighted by molar-refractivity contribution is 5.84. The minimum Gasteiger partial charge on any atom is -0.497 e. The fourth-order valence-corrected chi connectivity index (χ4v) is 1.61. The molecular formula is C15H16N2O2. The van der Waals surface area contributed by atoms with Crippen molar-refractivity contribution >= 4 is 11.9 Å². The van der Waals surface area contributed by atoms with E-state index in [-0.39, 0.29) is 0 Å². The Kier molecular flexibility index (Phi) is 4.39. The van der Waals surface area contributed by atoms with Crippen molar-refractivity contribution in [2.24, 2.45) is 5.10 Å². The van der Waals surface area contributed by atoms with E-state index in [1.54, 1.807) is 20.4 Å². The van der Waals surface area contributed by atoms with Gasteiger partial charge in [-0.3, -0.25) is 5.43 Å². The number of benzene rings is 2. The van der Waals surface area contributed by atoms with E-state index < -0.39 is 0 Å². The van der Waals surface area contributed by atoms with E-state index in [4.69, 9.17) is 9.47 Å². The molecule has 0 amide bonds. The van der Waals surface area contributed by atoms with E-state index >= 15 is 0 Å². The van der Waals surface area contributed by atoms with E-state index in [9.17, 15) is 0 Å². The molecule has 98 valence electrons. The molecule has 2 rings (SSSR count). The normalized spacial score (nSPS) is 10.4. The highest BCUT2D eigenvalue weighted by Crippen LogP contribution is 2.23. The third kappa shape index (κ3) is 3.48. The zero-order chi connectivity index (χ0) is 13.5. The second-order valence-corrected chi connectivity index (χ2v) is 3.84. The van der Waals surface area contributed by atoms with Gasteiger partial charge in [0, 0.05) is 11.6 Å². The molecule has 0 fully saturated rings. The summed E-state index contributed by atoms with van der Waals surface area (Å²) in [6, 6.07) is 15.3. The third-order valence-electron chi connectivity index (χ3n) is 2.61. The molecule has 0 aromatic heterocycles. The van der Waals surface area contributed by atoms with Crippen LogP contribution in [0.5, 0.6) is 11.5 Å². The number of rotatable bonds is 5. The number of para-hydroxylation sites is 1. The molecule has 0 bridgehead atoms. The Morgan fingerprint density at radius 3 is 2.47 bits per heavy atom. The second kappa shape index (κ2) is 6.44. The van der Waals surface area contributed by atoms with Gasteiger partial charge in [-0.25, -0.2) is 0 Å². The zero-order valence-corrected chi connectivity index (χ0v) is 11.0. The fraction of sp³-hybridized carbons (Fsp3) is 0.133. The lowest BCUT2D eigenvalue weighted by atomic mass is 10.2. The molecule has 4 nitrogen and oxygen atoms in total. The molecule has 0 saturated carbocycles. The van der Waals surface area contributed by atoms with Crippen molar-refractivity contribution in [3.05, 3.63) is 54.1 Å². The van der Waals surface area contributed by atoms with Crippen LogP contribution in [0.2, 0.25) is 0 Å². The van der Waals surface area contributed by atoms with E-state index in [1.807, 2.05) is 48.5 Å². The van der Waals surface area contributed by atoms with Crippen molar-refractivity contribution in [3.63, 3.8) is 0 Å². The number of hydrogen-bond donors (Lipinski definition) is 1. The summed E-state index contributed by atoms with van der Waals surface area (Å²) in [4.78, 5) is 0. The van der Waals surface area contributed by atoms with Gasteiger partial charge in [0.05, 0.1) is 26.1 Å². The van der Waals surface area contributed by atoms with Gasteiger partial charge in [-0.15, -0.1) is 0 Å². The molecule has 0 saturated heterocycles. The molecular weight excluding hydrogens is 240 g/mol. The van der Waals surface area contributed by atoms with Crippen molar-refractivity contribution in [2.75, 3.05) is 19.6 Å². The van der Waals surface area contributed by atoms with E-state index in [0.717, 1.165) is 22.7 Å². The fourth-order valence-electron chi connectivity index (χ4n) is 1.61. The van der Waals surface area contributed by atoms with Gasteiger partial charge >= 0.3 is 0 Å². The van der Waals surface area contributed by atoms with Crippen LogP contribution in [0.4, 0.5) is 5.69 Å². The topological polar surface area (TPSA) is 42.8 Å². The van der Waals surface area contributed by atoms with Crippen LogP contribution in [0.15, 0.2) is 53.6 Å². The average molecular weight is 256 g/mol. The smallest absolute Gasteiger partial charge is 0.131 e. The second-order valence-electron chi connectivity index (χ2n) is 3.84. The summed E-state index contributed by atoms with van der Waals surface area (Å²) in [7, 11) is 3.25. The summed E-state index contributed by atoms with van der Waals surface area (Å²) in [5.41, 5.74) is 4.77. The molecule has 2 aromatic carbocycles. The summed E-state index contributed by atoms with van der Waals surface area (Å²) in [6.07, 6.45) is 1.71. The molecule has 0 aliphatic carbocycles. The highest BCUT2D eigenvalue weighted by Gasteiger charge is 2.02. The van der Waals surface area contributed by atoms with Gasteiger partial charge in [0.15, 0.2) is 0 Å². The minimum atomic E-state index is 0.720. The number of anilines is 1. The standard InChI is InChI=1S/C15H16N2O2/c1-18-14-9-8-12(15(10-14)19-2)11-16-17-13-6-4-3-5-7-13/h3-11,17H,1-2H3/b16-11-. The number of nitrogens with one attached hydrogen (secondary N) is 1. The SMILES string of the molecule is COc1ccc(/C=N\Nc2ccccc2)c(OC)c1. The number of methoxy groups -OCH3 is 2. The summed E-state index contributed by atoms with van der Waals surface area (Å²) >= 11 is 0. The molecule has 0 spiro atoms. The van der Waals surface area contributed by atoms with Crippen LogP contribution < -0.4 is 14.9 Å². The predicted molar refractivity (Wildman–Crippen MR) is 77.2 cm³/mol. The maximum Gasteiger partial charge on any atom is 0.131 e. The number of hydrogen-bond acceptors (Lipinski definition) is 4. The Morgan fingerprint density at radius 2 is 1.79 bits per heavy atom. The first-order chi connectivity index (χ1) is 9.33. The predicted octanol–water partition coefficient (Wildman–Crippen LogP) is 3.15. The first kappa shape index (κ1) is 13.0. The molecule has 0 heterocycles. The van der Waals surface area contributed by atoms with E-state index in [1.165, 1.54) is 0 Å². The summed E-state index contributed by atoms with van der Waals surface area (Å²) in [6.45, 7) is 0. The lowest BCUT2D eigenvalue weighted by Crippen LogP contribution is -1.95. The average Bonchev–Trinajstić information content (AvgIpc) is 2.48. The van der Waals surface area contributed by atoms with Gasteiger partial charge < -0.3 is 9.47 Å². The molecule has 0 radical (unpaired) electrons. The molecule has 0 unspecified atom stereocenters. The lowest BCUT2D eigenvalue weighted by Gasteiger charge is -2.07. The molecule has 0 aliphatic heterocycles. The maximum atomic E-state index is 5.29. The summed E-state index contributed by atoms with van der Waals surface area (Å²) < 4.78 is 10.4. The molecule has 4 heteroatoms. The van der Waals surface area contributed by atoms with Crippen molar-refractivity contribution in [1.82, 2.24) is 0 Å². The van der Waals surface area contributed by atoms with Crippen LogP contribution in [-0.4, -0.2) is 20.4 Å². The molecule has 2 aromatic rings. The number of hydrazone groups is 1. The summed E-state index contributed by atoms with van der Waals surface area (Å²) in [5, 5.41) is 4.18. The molecule has 1 N–H and O–H groups in total. The van der Waals surface area contributed by atoms with Gasteiger partial charge in [0.1, 0.15) is 11.5 Å². The van der Waals surface area contributed by atoms with Gasteiger partial charge in [0.25, 0.3) is 0 Å². The zero-order valence-electron chi connectivity index (χ0n) is 11.0. The van der Waals surface area contributed by atoms with Crippen molar-refractivity contribution in [3.8, 4) is 11.5 Å². The summed E-state index contributed by atoms with van der Waals surface area (Å²) in [5.74, 6) is 1.47. The lowest BCUT2D eigenvalue weighted by molar-refractivity contribution is 0.394. The van der Waals surface area contributed by atoms with E-state index in [0.29, 0.717) is 0 Å². The molecule has 19 heavy (non-hydrogen) atoms. The van der Waals surface area contributed by atoms with Gasteiger partial charge in [-0.1, -0.05) is 18.2 Å². The van der Waals surface area contributed by atoms with Crippen molar-refractivity contribution in [1.29, 1.82) is 0 Å². The first-order valence-electron chi connectivity index (χ1n) is 5.89. The Morgan fingerprint density at radius 1 is 1.00 bits per heavy atom. The maximum absolute atomic E-state index is 5.29. The van der Waals surface area contributed by atoms with Crippen molar-refractivity contribution in [2.45, 2.75) is 0 Å². The molecule has 0 atom stereocenters. The number of nitrogens with zero attached hydrogens (tertiary/aromatic N) is 1. The van der Waals surface area contributed by atoms with E-state index in [2.05, 4.69) is 10.5 Å². The van der Waals surface area contributed by atoms with Crippen LogP contribution in [0, 0.1) is 0 Å². The van der Waals surface area contributed by atoms with Crippen LogP contribution >= 0.6 is 0 Å². The van der Waals surface area contributed by atoms with Gasteiger partial charge in [-0.05, 0) is 24.3 Å². The minimum absolute atomic E-state index is 0.720. The van der Waals surface area contributed by atoms with Crippen LogP contribution in [-0.2, 0) is 0 Å². The third-order valence-corrected chi connectivity index (χ3v) is 2.61. The monoisotopic (exact) mass is 256 g/mol. The largest absolute Gasteiger partial charge is 0.497 e. The van der Waals surface area contributed by atoms with Crippen LogP contribution in [0.1, 0.15) is 5.56 Å². The number of ether oxygens (including phenoxy) is 2. The Balaban J connectivity index is 2.10. The molecule has 0 aliphatic rings. The highest BCUT2D eigenvalue weighted by atomic mass is 16.5. The Bertz CT molecular complexity index is 553. The van der Waals surface area contributed by atoms with Gasteiger partial charge in [-0.2, -0.15) is 5.10 Å². The van der Waals surface area contributed by atoms with Crippen LogP contribution in [0.3, 0.4) is 0 Å². The van der Waals surface area contributed by atoms with Crippen molar-refractivity contribution < 1.29 is 9.47 Å².